The second kappa shape index (κ2) is 9.74. The number of rotatable bonds is 6. The fourth-order valence-corrected chi connectivity index (χ4v) is 3.88. The SMILES string of the molecule is CN(CC(=O)Nc1ccc(N2CCOCC2)cc1)C(=O)CC1CCCCC1. The van der Waals surface area contributed by atoms with Gasteiger partial charge in [-0.2, -0.15) is 0 Å². The maximum absolute atomic E-state index is 12.3. The zero-order valence-electron chi connectivity index (χ0n) is 16.3. The van der Waals surface area contributed by atoms with Gasteiger partial charge in [0, 0.05) is 37.9 Å². The van der Waals surface area contributed by atoms with E-state index in [1.807, 2.05) is 24.3 Å². The summed E-state index contributed by atoms with van der Waals surface area (Å²) in [6.45, 7) is 3.37. The predicted octanol–water partition coefficient (Wildman–Crippen LogP) is 2.89. The molecule has 6 nitrogen and oxygen atoms in total. The average molecular weight is 373 g/mol. The topological polar surface area (TPSA) is 61.9 Å². The lowest BCUT2D eigenvalue weighted by atomic mass is 9.87. The van der Waals surface area contributed by atoms with Gasteiger partial charge in [-0.05, 0) is 43.0 Å². The van der Waals surface area contributed by atoms with Crippen molar-refractivity contribution in [2.75, 3.05) is 50.1 Å². The molecule has 1 aromatic carbocycles. The van der Waals surface area contributed by atoms with Gasteiger partial charge in [-0.1, -0.05) is 19.3 Å². The van der Waals surface area contributed by atoms with Crippen LogP contribution in [0, 0.1) is 5.92 Å². The normalized spacial score (nSPS) is 18.2. The summed E-state index contributed by atoms with van der Waals surface area (Å²) < 4.78 is 5.37. The predicted molar refractivity (Wildman–Crippen MR) is 107 cm³/mol. The number of anilines is 2. The first-order chi connectivity index (χ1) is 13.1. The highest BCUT2D eigenvalue weighted by Gasteiger charge is 2.20. The molecule has 27 heavy (non-hydrogen) atoms. The molecule has 2 amide bonds. The molecule has 1 N–H and O–H groups in total. The van der Waals surface area contributed by atoms with Crippen LogP contribution in [0.15, 0.2) is 24.3 Å². The largest absolute Gasteiger partial charge is 0.378 e. The number of nitrogens with one attached hydrogen (secondary N) is 1. The van der Waals surface area contributed by atoms with Crippen molar-refractivity contribution in [3.63, 3.8) is 0 Å². The number of hydrogen-bond acceptors (Lipinski definition) is 4. The van der Waals surface area contributed by atoms with Crippen molar-refractivity contribution < 1.29 is 14.3 Å². The van der Waals surface area contributed by atoms with E-state index in [1.165, 1.54) is 19.3 Å². The van der Waals surface area contributed by atoms with Crippen LogP contribution in [0.5, 0.6) is 0 Å². The molecule has 0 bridgehead atoms. The van der Waals surface area contributed by atoms with Crippen molar-refractivity contribution in [1.82, 2.24) is 4.90 Å². The van der Waals surface area contributed by atoms with Crippen molar-refractivity contribution in [3.8, 4) is 0 Å². The first-order valence-electron chi connectivity index (χ1n) is 10.1. The lowest BCUT2D eigenvalue weighted by Gasteiger charge is -2.29. The molecule has 148 valence electrons. The summed E-state index contributed by atoms with van der Waals surface area (Å²) in [5.41, 5.74) is 1.89. The summed E-state index contributed by atoms with van der Waals surface area (Å²) in [6.07, 6.45) is 6.58. The third-order valence-corrected chi connectivity index (χ3v) is 5.52. The monoisotopic (exact) mass is 373 g/mol. The molecular formula is C21H31N3O3. The number of ether oxygens (including phenoxy) is 1. The molecule has 2 fully saturated rings. The minimum Gasteiger partial charge on any atom is -0.378 e. The number of benzene rings is 1. The average Bonchev–Trinajstić information content (AvgIpc) is 2.70. The maximum atomic E-state index is 12.3. The first kappa shape index (κ1) is 19.7. The molecule has 1 aromatic rings. The number of hydrogen-bond donors (Lipinski definition) is 1. The Morgan fingerprint density at radius 3 is 2.44 bits per heavy atom. The van der Waals surface area contributed by atoms with Crippen molar-refractivity contribution in [3.05, 3.63) is 24.3 Å². The van der Waals surface area contributed by atoms with E-state index in [2.05, 4.69) is 10.2 Å². The van der Waals surface area contributed by atoms with Crippen molar-refractivity contribution in [2.24, 2.45) is 5.92 Å². The quantitative estimate of drug-likeness (QED) is 0.833. The van der Waals surface area contributed by atoms with Crippen LogP contribution in [0.2, 0.25) is 0 Å². The lowest BCUT2D eigenvalue weighted by molar-refractivity contribution is -0.134. The van der Waals surface area contributed by atoms with E-state index in [4.69, 9.17) is 4.74 Å². The van der Waals surface area contributed by atoms with Gasteiger partial charge in [0.05, 0.1) is 19.8 Å². The van der Waals surface area contributed by atoms with Crippen LogP contribution < -0.4 is 10.2 Å². The third kappa shape index (κ3) is 5.96. The molecule has 2 aliphatic rings. The Morgan fingerprint density at radius 1 is 1.11 bits per heavy atom. The van der Waals surface area contributed by atoms with Crippen LogP contribution in [0.3, 0.4) is 0 Å². The number of morpholine rings is 1. The van der Waals surface area contributed by atoms with Gasteiger partial charge in [-0.25, -0.2) is 0 Å². The summed E-state index contributed by atoms with van der Waals surface area (Å²) in [6, 6.07) is 7.84. The van der Waals surface area contributed by atoms with Gasteiger partial charge in [-0.3, -0.25) is 9.59 Å². The van der Waals surface area contributed by atoms with Crippen LogP contribution in [-0.2, 0) is 14.3 Å². The van der Waals surface area contributed by atoms with E-state index >= 15 is 0 Å². The Morgan fingerprint density at radius 2 is 1.78 bits per heavy atom. The van der Waals surface area contributed by atoms with E-state index in [1.54, 1.807) is 11.9 Å². The van der Waals surface area contributed by atoms with Crippen LogP contribution in [0.25, 0.3) is 0 Å². The van der Waals surface area contributed by atoms with Gasteiger partial charge >= 0.3 is 0 Å². The second-order valence-corrected chi connectivity index (χ2v) is 7.65. The molecule has 0 aromatic heterocycles. The van der Waals surface area contributed by atoms with Crippen molar-refractivity contribution in [2.45, 2.75) is 38.5 Å². The number of carbonyl (C=O) groups is 2. The van der Waals surface area contributed by atoms with Crippen LogP contribution in [0.4, 0.5) is 11.4 Å². The zero-order valence-corrected chi connectivity index (χ0v) is 16.3. The number of nitrogens with zero attached hydrogens (tertiary/aromatic N) is 2. The summed E-state index contributed by atoms with van der Waals surface area (Å²) in [4.78, 5) is 28.4. The minimum absolute atomic E-state index is 0.0692. The summed E-state index contributed by atoms with van der Waals surface area (Å²) in [5.74, 6) is 0.401. The van der Waals surface area contributed by atoms with E-state index in [-0.39, 0.29) is 18.4 Å². The molecule has 0 unspecified atom stereocenters. The fourth-order valence-electron chi connectivity index (χ4n) is 3.88. The molecule has 1 aliphatic heterocycles. The standard InChI is InChI=1S/C21H31N3O3/c1-23(21(26)15-17-5-3-2-4-6-17)16-20(25)22-18-7-9-19(10-8-18)24-11-13-27-14-12-24/h7-10,17H,2-6,11-16H2,1H3,(H,22,25). The molecular weight excluding hydrogens is 342 g/mol. The molecule has 0 atom stereocenters. The fraction of sp³-hybridized carbons (Fsp3) is 0.619. The smallest absolute Gasteiger partial charge is 0.243 e. The van der Waals surface area contributed by atoms with E-state index in [9.17, 15) is 9.59 Å². The van der Waals surface area contributed by atoms with Gasteiger partial charge in [-0.15, -0.1) is 0 Å². The second-order valence-electron chi connectivity index (χ2n) is 7.65. The van der Waals surface area contributed by atoms with Crippen LogP contribution in [-0.4, -0.2) is 56.6 Å². The van der Waals surface area contributed by atoms with Crippen LogP contribution >= 0.6 is 0 Å². The van der Waals surface area contributed by atoms with Gasteiger partial charge < -0.3 is 19.9 Å². The molecule has 1 saturated carbocycles. The highest BCUT2D eigenvalue weighted by atomic mass is 16.5. The number of carbonyl (C=O) groups excluding carboxylic acids is 2. The van der Waals surface area contributed by atoms with Crippen LogP contribution in [0.1, 0.15) is 38.5 Å². The minimum atomic E-state index is -0.159. The molecule has 0 spiro atoms. The third-order valence-electron chi connectivity index (χ3n) is 5.52. The molecule has 1 heterocycles. The van der Waals surface area contributed by atoms with E-state index in [0.717, 1.165) is 50.5 Å². The lowest BCUT2D eigenvalue weighted by Crippen LogP contribution is -2.36. The highest BCUT2D eigenvalue weighted by Crippen LogP contribution is 2.26. The number of likely N-dealkylation sites (N-methyl/N-ethyl adjacent to an activating group) is 1. The van der Waals surface area contributed by atoms with Crippen molar-refractivity contribution in [1.29, 1.82) is 0 Å². The summed E-state index contributed by atoms with van der Waals surface area (Å²) >= 11 is 0. The number of amides is 2. The van der Waals surface area contributed by atoms with Gasteiger partial charge in [0.2, 0.25) is 11.8 Å². The molecule has 1 saturated heterocycles. The Kier molecular flexibility index (Phi) is 7.10. The summed E-state index contributed by atoms with van der Waals surface area (Å²) in [7, 11) is 1.71. The summed E-state index contributed by atoms with van der Waals surface area (Å²) in [5, 5.41) is 2.89. The molecule has 3 rings (SSSR count). The highest BCUT2D eigenvalue weighted by molar-refractivity contribution is 5.94. The first-order valence-corrected chi connectivity index (χ1v) is 10.1. The Bertz CT molecular complexity index is 620. The Balaban J connectivity index is 1.44. The van der Waals surface area contributed by atoms with E-state index < -0.39 is 0 Å². The van der Waals surface area contributed by atoms with Crippen molar-refractivity contribution >= 4 is 23.2 Å². The Labute approximate surface area is 161 Å². The van der Waals surface area contributed by atoms with Gasteiger partial charge in [0.1, 0.15) is 0 Å². The van der Waals surface area contributed by atoms with E-state index in [0.29, 0.717) is 12.3 Å². The molecule has 1 aliphatic carbocycles. The molecule has 0 radical (unpaired) electrons. The van der Waals surface area contributed by atoms with Gasteiger partial charge in [0.15, 0.2) is 0 Å². The maximum Gasteiger partial charge on any atom is 0.243 e. The zero-order chi connectivity index (χ0) is 19.1. The van der Waals surface area contributed by atoms with Gasteiger partial charge in [0.25, 0.3) is 0 Å². The molecule has 6 heteroatoms. The Hall–Kier alpha value is -2.08.